The van der Waals surface area contributed by atoms with Gasteiger partial charge in [0.2, 0.25) is 0 Å². The summed E-state index contributed by atoms with van der Waals surface area (Å²) in [7, 11) is -2.90. The normalized spacial score (nSPS) is 14.1. The van der Waals surface area contributed by atoms with Gasteiger partial charge in [-0.25, -0.2) is 17.6 Å². The Hall–Kier alpha value is -2.61. The largest absolute Gasteiger partial charge is 0.495 e. The smallest absolute Gasteiger partial charge is 0.335 e. The molecule has 0 aromatic heterocycles. The lowest BCUT2D eigenvalue weighted by Gasteiger charge is -2.31. The lowest BCUT2D eigenvalue weighted by atomic mass is 10.0. The summed E-state index contributed by atoms with van der Waals surface area (Å²) < 4.78 is 46.7. The number of carbonyl (C=O) groups is 1. The number of rotatable bonds is 4. The topological polar surface area (TPSA) is 83.9 Å². The molecule has 8 heteroatoms. The predicted molar refractivity (Wildman–Crippen MR) is 89.2 cm³/mol. The van der Waals surface area contributed by atoms with Crippen molar-refractivity contribution in [3.05, 3.63) is 53.3 Å². The molecule has 132 valence electrons. The van der Waals surface area contributed by atoms with Crippen molar-refractivity contribution in [2.45, 2.75) is 17.7 Å². The molecular weight excluding hydrogens is 349 g/mol. The Balaban J connectivity index is 2.19. The molecule has 2 aromatic carbocycles. The van der Waals surface area contributed by atoms with Gasteiger partial charge in [0.15, 0.2) is 0 Å². The maximum atomic E-state index is 14.3. The minimum Gasteiger partial charge on any atom is -0.495 e. The number of hydrogen-bond acceptors (Lipinski definition) is 4. The molecule has 1 N–H and O–H groups in total. The van der Waals surface area contributed by atoms with Gasteiger partial charge in [-0.15, -0.1) is 0 Å². The molecule has 0 aliphatic carbocycles. The van der Waals surface area contributed by atoms with Crippen LogP contribution in [0.15, 0.2) is 41.3 Å². The average Bonchev–Trinajstić information content (AvgIpc) is 2.60. The molecule has 0 unspecified atom stereocenters. The molecule has 6 nitrogen and oxygen atoms in total. The van der Waals surface area contributed by atoms with Crippen LogP contribution in [0, 0.1) is 5.82 Å². The Kier molecular flexibility index (Phi) is 4.38. The zero-order valence-electron chi connectivity index (χ0n) is 13.4. The van der Waals surface area contributed by atoms with Crippen molar-refractivity contribution >= 4 is 21.7 Å². The lowest BCUT2D eigenvalue weighted by Crippen LogP contribution is -2.36. The minimum absolute atomic E-state index is 0.00784. The molecule has 0 fully saturated rings. The van der Waals surface area contributed by atoms with Crippen LogP contribution in [0.2, 0.25) is 0 Å². The Labute approximate surface area is 144 Å². The number of anilines is 1. The van der Waals surface area contributed by atoms with Gasteiger partial charge in [-0.2, -0.15) is 0 Å². The number of methoxy groups -OCH3 is 1. The number of hydrogen-bond donors (Lipinski definition) is 1. The maximum absolute atomic E-state index is 14.3. The molecule has 0 amide bonds. The molecule has 0 saturated carbocycles. The lowest BCUT2D eigenvalue weighted by molar-refractivity contribution is 0.0696. The van der Waals surface area contributed by atoms with Crippen LogP contribution >= 0.6 is 0 Å². The molecule has 1 heterocycles. The average molecular weight is 365 g/mol. The second kappa shape index (κ2) is 6.36. The van der Waals surface area contributed by atoms with Crippen LogP contribution in [0.25, 0.3) is 0 Å². The highest BCUT2D eigenvalue weighted by Crippen LogP contribution is 2.36. The van der Waals surface area contributed by atoms with Gasteiger partial charge in [0, 0.05) is 6.54 Å². The van der Waals surface area contributed by atoms with Gasteiger partial charge < -0.3 is 9.84 Å². The molecule has 0 spiro atoms. The van der Waals surface area contributed by atoms with E-state index in [0.29, 0.717) is 18.4 Å². The molecule has 25 heavy (non-hydrogen) atoms. The van der Waals surface area contributed by atoms with E-state index in [1.807, 2.05) is 0 Å². The second-order valence-corrected chi connectivity index (χ2v) is 7.43. The van der Waals surface area contributed by atoms with Gasteiger partial charge in [0.1, 0.15) is 16.5 Å². The van der Waals surface area contributed by atoms with Crippen molar-refractivity contribution in [3.63, 3.8) is 0 Å². The molecule has 0 atom stereocenters. The molecule has 0 radical (unpaired) electrons. The standard InChI is InChI=1S/C17H16FNO5S/c1-24-14-8-7-12(17(20)21)10-15(14)25(22,23)19-9-3-5-11-4-2-6-13(18)16(11)19/h2,4,6-8,10H,3,5,9H2,1H3,(H,20,21). The van der Waals surface area contributed by atoms with E-state index in [1.54, 1.807) is 6.07 Å². The van der Waals surface area contributed by atoms with Crippen LogP contribution in [-0.2, 0) is 16.4 Å². The number of aromatic carboxylic acids is 1. The van der Waals surface area contributed by atoms with E-state index in [4.69, 9.17) is 9.84 Å². The van der Waals surface area contributed by atoms with Crippen LogP contribution < -0.4 is 9.04 Å². The van der Waals surface area contributed by atoms with E-state index in [1.165, 1.54) is 31.4 Å². The number of aryl methyl sites for hydroxylation is 1. The third-order valence-electron chi connectivity index (χ3n) is 4.11. The van der Waals surface area contributed by atoms with Crippen LogP contribution in [0.1, 0.15) is 22.3 Å². The van der Waals surface area contributed by atoms with Gasteiger partial charge in [0.25, 0.3) is 10.0 Å². The van der Waals surface area contributed by atoms with E-state index in [2.05, 4.69) is 0 Å². The summed E-state index contributed by atoms with van der Waals surface area (Å²) >= 11 is 0. The summed E-state index contributed by atoms with van der Waals surface area (Å²) in [6.07, 6.45) is 1.11. The number of nitrogens with zero attached hydrogens (tertiary/aromatic N) is 1. The number of halogens is 1. The number of carboxylic acids is 1. The van der Waals surface area contributed by atoms with Gasteiger partial charge >= 0.3 is 5.97 Å². The highest BCUT2D eigenvalue weighted by Gasteiger charge is 2.33. The zero-order valence-corrected chi connectivity index (χ0v) is 14.2. The van der Waals surface area contributed by atoms with Crippen molar-refractivity contribution < 1.29 is 27.4 Å². The Morgan fingerprint density at radius 1 is 1.28 bits per heavy atom. The quantitative estimate of drug-likeness (QED) is 0.901. The van der Waals surface area contributed by atoms with E-state index < -0.39 is 21.8 Å². The van der Waals surface area contributed by atoms with Crippen LogP contribution in [0.3, 0.4) is 0 Å². The second-order valence-electron chi connectivity index (χ2n) is 5.60. The summed E-state index contributed by atoms with van der Waals surface area (Å²) in [5.41, 5.74) is 0.421. The molecule has 1 aliphatic rings. The third kappa shape index (κ3) is 2.93. The van der Waals surface area contributed by atoms with Crippen molar-refractivity contribution in [2.24, 2.45) is 0 Å². The highest BCUT2D eigenvalue weighted by atomic mass is 32.2. The van der Waals surface area contributed by atoms with Gasteiger partial charge in [-0.3, -0.25) is 4.31 Å². The summed E-state index contributed by atoms with van der Waals surface area (Å²) in [4.78, 5) is 10.9. The van der Waals surface area contributed by atoms with Crippen molar-refractivity contribution in [1.82, 2.24) is 0 Å². The maximum Gasteiger partial charge on any atom is 0.335 e. The zero-order chi connectivity index (χ0) is 18.2. The number of carboxylic acid groups (broad SMARTS) is 1. The Bertz CT molecular complexity index is 942. The Morgan fingerprint density at radius 2 is 2.04 bits per heavy atom. The summed E-state index contributed by atoms with van der Waals surface area (Å²) in [5.74, 6) is -1.88. The van der Waals surface area contributed by atoms with Crippen LogP contribution in [0.5, 0.6) is 5.75 Å². The molecule has 0 saturated heterocycles. The van der Waals surface area contributed by atoms with Crippen molar-refractivity contribution in [3.8, 4) is 5.75 Å². The van der Waals surface area contributed by atoms with Gasteiger partial charge in [-0.05, 0) is 42.7 Å². The first-order valence-corrected chi connectivity index (χ1v) is 9.01. The highest BCUT2D eigenvalue weighted by molar-refractivity contribution is 7.93. The monoisotopic (exact) mass is 365 g/mol. The summed E-state index contributed by atoms with van der Waals surface area (Å²) in [5, 5.41) is 9.14. The fourth-order valence-corrected chi connectivity index (χ4v) is 4.67. The first-order chi connectivity index (χ1) is 11.9. The first kappa shape index (κ1) is 17.2. The number of fused-ring (bicyclic) bond motifs is 1. The summed E-state index contributed by atoms with van der Waals surface area (Å²) in [6.45, 7) is 0.108. The van der Waals surface area contributed by atoms with E-state index in [9.17, 15) is 17.6 Å². The van der Waals surface area contributed by atoms with E-state index in [-0.39, 0.29) is 28.4 Å². The first-order valence-electron chi connectivity index (χ1n) is 7.57. The van der Waals surface area contributed by atoms with Gasteiger partial charge in [-0.1, -0.05) is 12.1 Å². The number of benzene rings is 2. The van der Waals surface area contributed by atoms with E-state index in [0.717, 1.165) is 10.4 Å². The van der Waals surface area contributed by atoms with Crippen LogP contribution in [0.4, 0.5) is 10.1 Å². The minimum atomic E-state index is -4.19. The van der Waals surface area contributed by atoms with Crippen molar-refractivity contribution in [2.75, 3.05) is 18.0 Å². The number of ether oxygens (including phenoxy) is 1. The fourth-order valence-electron chi connectivity index (χ4n) is 2.94. The molecule has 2 aromatic rings. The Morgan fingerprint density at radius 3 is 2.72 bits per heavy atom. The molecular formula is C17H16FNO5S. The number of sulfonamides is 1. The third-order valence-corrected chi connectivity index (χ3v) is 5.93. The van der Waals surface area contributed by atoms with E-state index >= 15 is 0 Å². The van der Waals surface area contributed by atoms with Crippen LogP contribution in [-0.4, -0.2) is 33.1 Å². The van der Waals surface area contributed by atoms with Crippen molar-refractivity contribution in [1.29, 1.82) is 0 Å². The summed E-state index contributed by atoms with van der Waals surface area (Å²) in [6, 6.07) is 8.00. The molecule has 0 bridgehead atoms. The van der Waals surface area contributed by atoms with Gasteiger partial charge in [0.05, 0.1) is 18.4 Å². The predicted octanol–water partition coefficient (Wildman–Crippen LogP) is 2.67. The fraction of sp³-hybridized carbons (Fsp3) is 0.235. The molecule has 3 rings (SSSR count). The number of para-hydroxylation sites is 1. The SMILES string of the molecule is COc1ccc(C(=O)O)cc1S(=O)(=O)N1CCCc2cccc(F)c21. The molecule has 1 aliphatic heterocycles.